The van der Waals surface area contributed by atoms with Crippen molar-refractivity contribution < 1.29 is 17.9 Å². The van der Waals surface area contributed by atoms with Crippen LogP contribution in [0, 0.1) is 0 Å². The lowest BCUT2D eigenvalue weighted by molar-refractivity contribution is 0.391. The number of anilines is 1. The van der Waals surface area contributed by atoms with Gasteiger partial charge in [0.2, 0.25) is 5.13 Å². The maximum atomic E-state index is 13.3. The predicted octanol–water partition coefficient (Wildman–Crippen LogP) is 3.65. The molecule has 0 aliphatic rings. The molecule has 3 rings (SSSR count). The summed E-state index contributed by atoms with van der Waals surface area (Å²) >= 11 is 12.7. The van der Waals surface area contributed by atoms with Crippen molar-refractivity contribution in [1.29, 1.82) is 0 Å². The molecule has 0 N–H and O–H groups in total. The highest BCUT2D eigenvalue weighted by Crippen LogP contribution is 2.32. The quantitative estimate of drug-likeness (QED) is 0.496. The number of ether oxygens (including phenoxy) is 2. The number of halogens is 2. The van der Waals surface area contributed by atoms with E-state index in [1.165, 1.54) is 26.6 Å². The number of pyridine rings is 1. The van der Waals surface area contributed by atoms with Crippen molar-refractivity contribution in [2.45, 2.75) is 11.4 Å². The van der Waals surface area contributed by atoms with Crippen molar-refractivity contribution in [2.75, 3.05) is 18.5 Å². The topological polar surface area (TPSA) is 94.5 Å². The fourth-order valence-electron chi connectivity index (χ4n) is 2.34. The number of nitrogens with zero attached hydrogens (tertiary/aromatic N) is 4. The second-order valence-corrected chi connectivity index (χ2v) is 8.74. The minimum Gasteiger partial charge on any atom is -0.497 e. The zero-order chi connectivity index (χ0) is 20.3. The SMILES string of the molecule is COc1ccc(CN(c2ncns2)S(=O)(=O)c2cnc(Cl)c(Cl)c2)c(OC)c1. The second-order valence-electron chi connectivity index (χ2n) is 5.36. The van der Waals surface area contributed by atoms with Gasteiger partial charge in [0.15, 0.2) is 0 Å². The van der Waals surface area contributed by atoms with Gasteiger partial charge in [0, 0.05) is 29.4 Å². The molecule has 2 aromatic heterocycles. The van der Waals surface area contributed by atoms with Gasteiger partial charge < -0.3 is 9.47 Å². The Morgan fingerprint density at radius 1 is 1.14 bits per heavy atom. The lowest BCUT2D eigenvalue weighted by Gasteiger charge is -2.22. The van der Waals surface area contributed by atoms with Gasteiger partial charge in [-0.2, -0.15) is 4.37 Å². The van der Waals surface area contributed by atoms with Crippen molar-refractivity contribution >= 4 is 49.9 Å². The summed E-state index contributed by atoms with van der Waals surface area (Å²) in [5.74, 6) is 1.05. The Balaban J connectivity index is 2.07. The highest BCUT2D eigenvalue weighted by Gasteiger charge is 2.29. The largest absolute Gasteiger partial charge is 0.497 e. The minimum absolute atomic E-state index is 0.0138. The fourth-order valence-corrected chi connectivity index (χ4v) is 4.78. The Morgan fingerprint density at radius 3 is 2.54 bits per heavy atom. The normalized spacial score (nSPS) is 11.3. The summed E-state index contributed by atoms with van der Waals surface area (Å²) in [5, 5.41) is 0.228. The van der Waals surface area contributed by atoms with E-state index in [1.807, 2.05) is 0 Å². The summed E-state index contributed by atoms with van der Waals surface area (Å²) in [6, 6.07) is 6.34. The molecular formula is C16H14Cl2N4O4S2. The Hall–Kier alpha value is -2.14. The van der Waals surface area contributed by atoms with Crippen LogP contribution in [0.3, 0.4) is 0 Å². The van der Waals surface area contributed by atoms with Gasteiger partial charge in [-0.25, -0.2) is 22.7 Å². The zero-order valence-electron chi connectivity index (χ0n) is 14.7. The van der Waals surface area contributed by atoms with Gasteiger partial charge in [-0.15, -0.1) is 0 Å². The number of methoxy groups -OCH3 is 2. The van der Waals surface area contributed by atoms with Crippen LogP contribution in [0.5, 0.6) is 11.5 Å². The van der Waals surface area contributed by atoms with Gasteiger partial charge in [-0.3, -0.25) is 0 Å². The average Bonchev–Trinajstić information content (AvgIpc) is 3.22. The molecule has 0 unspecified atom stereocenters. The zero-order valence-corrected chi connectivity index (χ0v) is 17.8. The third kappa shape index (κ3) is 4.14. The first-order chi connectivity index (χ1) is 13.4. The molecular weight excluding hydrogens is 447 g/mol. The molecule has 148 valence electrons. The standard InChI is InChI=1S/C16H14Cl2N4O4S2/c1-25-11-4-3-10(14(5-11)26-2)8-22(16-20-9-21-27-16)28(23,24)12-6-13(17)15(18)19-7-12/h3-7,9H,8H2,1-2H3. The van der Waals surface area contributed by atoms with Gasteiger partial charge in [0.25, 0.3) is 10.0 Å². The van der Waals surface area contributed by atoms with Crippen LogP contribution in [0.15, 0.2) is 41.7 Å². The molecule has 1 aromatic carbocycles. The van der Waals surface area contributed by atoms with Gasteiger partial charge in [-0.05, 0) is 18.2 Å². The monoisotopic (exact) mass is 460 g/mol. The van der Waals surface area contributed by atoms with E-state index in [9.17, 15) is 8.42 Å². The van der Waals surface area contributed by atoms with Crippen molar-refractivity contribution in [3.63, 3.8) is 0 Å². The van der Waals surface area contributed by atoms with Crippen molar-refractivity contribution in [3.8, 4) is 11.5 Å². The van der Waals surface area contributed by atoms with Crippen molar-refractivity contribution in [1.82, 2.24) is 14.3 Å². The van der Waals surface area contributed by atoms with E-state index in [0.717, 1.165) is 22.0 Å². The maximum Gasteiger partial charge on any atom is 0.268 e. The third-order valence-corrected chi connectivity index (χ3v) is 6.92. The van der Waals surface area contributed by atoms with Crippen molar-refractivity contribution in [2.24, 2.45) is 0 Å². The van der Waals surface area contributed by atoms with Crippen LogP contribution in [-0.4, -0.2) is 37.0 Å². The number of aromatic nitrogens is 3. The maximum absolute atomic E-state index is 13.3. The molecule has 0 saturated carbocycles. The smallest absolute Gasteiger partial charge is 0.268 e. The molecule has 0 amide bonds. The Morgan fingerprint density at radius 2 is 1.93 bits per heavy atom. The van der Waals surface area contributed by atoms with Crippen LogP contribution in [0.2, 0.25) is 10.2 Å². The van der Waals surface area contributed by atoms with Gasteiger partial charge in [0.1, 0.15) is 27.9 Å². The Bertz CT molecular complexity index is 1080. The average molecular weight is 461 g/mol. The summed E-state index contributed by atoms with van der Waals surface area (Å²) in [6.45, 7) is -0.0507. The number of hydrogen-bond donors (Lipinski definition) is 0. The molecule has 0 bridgehead atoms. The van der Waals surface area contributed by atoms with Crippen LogP contribution in [0.25, 0.3) is 0 Å². The van der Waals surface area contributed by atoms with E-state index in [0.29, 0.717) is 17.1 Å². The van der Waals surface area contributed by atoms with Crippen LogP contribution >= 0.6 is 34.7 Å². The molecule has 8 nitrogen and oxygen atoms in total. The molecule has 0 atom stereocenters. The number of hydrogen-bond acceptors (Lipinski definition) is 8. The van der Waals surface area contributed by atoms with E-state index >= 15 is 0 Å². The highest BCUT2D eigenvalue weighted by atomic mass is 35.5. The molecule has 0 spiro atoms. The summed E-state index contributed by atoms with van der Waals surface area (Å²) in [6.07, 6.45) is 2.42. The first kappa shape index (κ1) is 20.6. The Kier molecular flexibility index (Phi) is 6.23. The number of rotatable bonds is 7. The molecule has 0 aliphatic heterocycles. The lowest BCUT2D eigenvalue weighted by Crippen LogP contribution is -2.30. The highest BCUT2D eigenvalue weighted by molar-refractivity contribution is 7.93. The van der Waals surface area contributed by atoms with Gasteiger partial charge >= 0.3 is 0 Å². The van der Waals surface area contributed by atoms with Gasteiger partial charge in [0.05, 0.1) is 25.8 Å². The molecule has 0 radical (unpaired) electrons. The van der Waals surface area contributed by atoms with E-state index < -0.39 is 10.0 Å². The van der Waals surface area contributed by atoms with E-state index in [-0.39, 0.29) is 26.7 Å². The van der Waals surface area contributed by atoms with Crippen LogP contribution < -0.4 is 13.8 Å². The molecule has 28 heavy (non-hydrogen) atoms. The van der Waals surface area contributed by atoms with Crippen LogP contribution in [-0.2, 0) is 16.6 Å². The van der Waals surface area contributed by atoms with Crippen molar-refractivity contribution in [3.05, 3.63) is 52.5 Å². The summed E-state index contributed by atoms with van der Waals surface area (Å²) in [4.78, 5) is 7.75. The molecule has 0 saturated heterocycles. The Labute approximate surface area is 175 Å². The molecule has 2 heterocycles. The molecule has 12 heteroatoms. The second kappa shape index (κ2) is 8.48. The molecule has 0 aliphatic carbocycles. The van der Waals surface area contributed by atoms with E-state index in [1.54, 1.807) is 18.2 Å². The summed E-state index contributed by atoms with van der Waals surface area (Å²) in [7, 11) is -1.03. The number of sulfonamides is 1. The third-order valence-electron chi connectivity index (χ3n) is 3.73. The minimum atomic E-state index is -4.05. The first-order valence-corrected chi connectivity index (χ1v) is 10.6. The first-order valence-electron chi connectivity index (χ1n) is 7.68. The van der Waals surface area contributed by atoms with E-state index in [4.69, 9.17) is 32.7 Å². The number of benzene rings is 1. The molecule has 3 aromatic rings. The molecule has 0 fully saturated rings. The fraction of sp³-hybridized carbons (Fsp3) is 0.188. The van der Waals surface area contributed by atoms with Crippen LogP contribution in [0.4, 0.5) is 5.13 Å². The summed E-state index contributed by atoms with van der Waals surface area (Å²) in [5.41, 5.74) is 0.607. The van der Waals surface area contributed by atoms with Crippen LogP contribution in [0.1, 0.15) is 5.56 Å². The lowest BCUT2D eigenvalue weighted by atomic mass is 10.2. The summed E-state index contributed by atoms with van der Waals surface area (Å²) < 4.78 is 42.1. The predicted molar refractivity (Wildman–Crippen MR) is 107 cm³/mol. The van der Waals surface area contributed by atoms with Gasteiger partial charge in [-0.1, -0.05) is 23.2 Å². The van der Waals surface area contributed by atoms with E-state index in [2.05, 4.69) is 14.3 Å².